The summed E-state index contributed by atoms with van der Waals surface area (Å²) < 4.78 is 11.9. The smallest absolute Gasteiger partial charge is 0.264 e. The number of aryl methyl sites for hydroxylation is 2. The first-order valence-corrected chi connectivity index (χ1v) is 11.8. The lowest BCUT2D eigenvalue weighted by Gasteiger charge is -2.47. The standard InChI is InChI=1S/C20H27NO3S2/c22-19(18-8-15-2-1-3-17(15)26-18)21-12-20(13-21)9-16(11-25-20)24-10-14-4-6-23-7-5-14/h8,14,16H,1-7,9-13H2/t16-/m0/s1. The molecule has 0 bridgehead atoms. The van der Waals surface area contributed by atoms with Gasteiger partial charge in [-0.2, -0.15) is 0 Å². The number of likely N-dealkylation sites (tertiary alicyclic amines) is 1. The first kappa shape index (κ1) is 17.5. The summed E-state index contributed by atoms with van der Waals surface area (Å²) in [5, 5.41) is 0. The number of thioether (sulfide) groups is 1. The molecular weight excluding hydrogens is 366 g/mol. The van der Waals surface area contributed by atoms with E-state index in [1.807, 2.05) is 11.8 Å². The van der Waals surface area contributed by atoms with E-state index in [-0.39, 0.29) is 10.7 Å². The maximum atomic E-state index is 12.8. The Morgan fingerprint density at radius 2 is 2.15 bits per heavy atom. The van der Waals surface area contributed by atoms with Gasteiger partial charge in [0.1, 0.15) is 0 Å². The average Bonchev–Trinajstić information content (AvgIpc) is 3.33. The van der Waals surface area contributed by atoms with E-state index in [4.69, 9.17) is 9.47 Å². The molecule has 4 nitrogen and oxygen atoms in total. The van der Waals surface area contributed by atoms with Crippen molar-refractivity contribution >= 4 is 29.0 Å². The first-order valence-electron chi connectivity index (χ1n) is 9.95. The van der Waals surface area contributed by atoms with Crippen LogP contribution in [0.2, 0.25) is 0 Å². The van der Waals surface area contributed by atoms with Crippen LogP contribution in [-0.4, -0.2) is 60.3 Å². The molecule has 0 aromatic carbocycles. The van der Waals surface area contributed by atoms with E-state index >= 15 is 0 Å². The number of carbonyl (C=O) groups excluding carboxylic acids is 1. The molecule has 3 fully saturated rings. The van der Waals surface area contributed by atoms with Gasteiger partial charge in [-0.15, -0.1) is 23.1 Å². The zero-order chi connectivity index (χ0) is 17.6. The Labute approximate surface area is 163 Å². The van der Waals surface area contributed by atoms with Crippen molar-refractivity contribution in [1.29, 1.82) is 0 Å². The molecule has 0 unspecified atom stereocenters. The van der Waals surface area contributed by atoms with Gasteiger partial charge in [0.15, 0.2) is 0 Å². The summed E-state index contributed by atoms with van der Waals surface area (Å²) in [5.74, 6) is 2.01. The second kappa shape index (κ2) is 7.12. The van der Waals surface area contributed by atoms with E-state index in [0.717, 1.165) is 69.2 Å². The summed E-state index contributed by atoms with van der Waals surface area (Å²) in [5.41, 5.74) is 1.42. The lowest BCUT2D eigenvalue weighted by molar-refractivity contribution is -0.0118. The maximum Gasteiger partial charge on any atom is 0.264 e. The highest BCUT2D eigenvalue weighted by atomic mass is 32.2. The highest BCUT2D eigenvalue weighted by molar-refractivity contribution is 8.01. The Morgan fingerprint density at radius 3 is 2.96 bits per heavy atom. The minimum Gasteiger partial charge on any atom is -0.381 e. The number of rotatable bonds is 4. The van der Waals surface area contributed by atoms with E-state index in [0.29, 0.717) is 12.0 Å². The van der Waals surface area contributed by atoms with Crippen LogP contribution in [0.15, 0.2) is 6.07 Å². The number of ether oxygens (including phenoxy) is 2. The van der Waals surface area contributed by atoms with E-state index in [1.54, 1.807) is 11.3 Å². The van der Waals surface area contributed by atoms with Crippen LogP contribution < -0.4 is 0 Å². The number of fused-ring (bicyclic) bond motifs is 1. The van der Waals surface area contributed by atoms with Crippen LogP contribution in [0.25, 0.3) is 0 Å². The molecule has 1 aromatic rings. The SMILES string of the molecule is O=C(c1cc2c(s1)CCC2)N1CC2(C[C@H](OCC3CCOCC3)CS2)C1. The van der Waals surface area contributed by atoms with Crippen LogP contribution in [0.3, 0.4) is 0 Å². The minimum atomic E-state index is 0.252. The third kappa shape index (κ3) is 3.34. The molecule has 26 heavy (non-hydrogen) atoms. The van der Waals surface area contributed by atoms with Crippen LogP contribution >= 0.6 is 23.1 Å². The van der Waals surface area contributed by atoms with Gasteiger partial charge >= 0.3 is 0 Å². The predicted octanol–water partition coefficient (Wildman–Crippen LogP) is 3.38. The zero-order valence-electron chi connectivity index (χ0n) is 15.2. The van der Waals surface area contributed by atoms with Gasteiger partial charge in [0.25, 0.3) is 5.91 Å². The molecule has 0 N–H and O–H groups in total. The molecule has 4 heterocycles. The summed E-state index contributed by atoms with van der Waals surface area (Å²) in [6.07, 6.45) is 7.33. The third-order valence-electron chi connectivity index (χ3n) is 6.29. The Balaban J connectivity index is 1.11. The summed E-state index contributed by atoms with van der Waals surface area (Å²) in [7, 11) is 0. The second-order valence-electron chi connectivity index (χ2n) is 8.28. The molecule has 1 spiro atoms. The average molecular weight is 394 g/mol. The van der Waals surface area contributed by atoms with E-state index in [9.17, 15) is 4.79 Å². The molecule has 1 atom stereocenters. The van der Waals surface area contributed by atoms with E-state index in [1.165, 1.54) is 23.3 Å². The molecule has 142 valence electrons. The Kier molecular flexibility index (Phi) is 4.80. The van der Waals surface area contributed by atoms with Gasteiger partial charge in [0.05, 0.1) is 15.7 Å². The fraction of sp³-hybridized carbons (Fsp3) is 0.750. The topological polar surface area (TPSA) is 38.8 Å². The quantitative estimate of drug-likeness (QED) is 0.786. The summed E-state index contributed by atoms with van der Waals surface area (Å²) in [4.78, 5) is 17.2. The van der Waals surface area contributed by atoms with Gasteiger partial charge in [-0.25, -0.2) is 0 Å². The van der Waals surface area contributed by atoms with Crippen molar-refractivity contribution in [2.45, 2.75) is 49.4 Å². The fourth-order valence-corrected chi connectivity index (χ4v) is 7.47. The molecule has 1 aromatic heterocycles. The predicted molar refractivity (Wildman–Crippen MR) is 105 cm³/mol. The molecule has 3 aliphatic heterocycles. The summed E-state index contributed by atoms with van der Waals surface area (Å²) in [6.45, 7) is 4.46. The molecule has 1 amide bonds. The molecule has 3 saturated heterocycles. The first-order chi connectivity index (χ1) is 12.7. The maximum absolute atomic E-state index is 12.8. The van der Waals surface area contributed by atoms with Crippen molar-refractivity contribution in [1.82, 2.24) is 4.90 Å². The highest BCUT2D eigenvalue weighted by Crippen LogP contribution is 2.47. The van der Waals surface area contributed by atoms with Crippen molar-refractivity contribution < 1.29 is 14.3 Å². The second-order valence-corrected chi connectivity index (χ2v) is 10.9. The van der Waals surface area contributed by atoms with Crippen LogP contribution in [-0.2, 0) is 22.3 Å². The molecule has 0 saturated carbocycles. The largest absolute Gasteiger partial charge is 0.381 e. The van der Waals surface area contributed by atoms with Crippen molar-refractivity contribution in [3.8, 4) is 0 Å². The normalized spacial score (nSPS) is 27.7. The Hall–Kier alpha value is -0.560. The van der Waals surface area contributed by atoms with Crippen LogP contribution in [0.5, 0.6) is 0 Å². The number of amides is 1. The number of carbonyl (C=O) groups is 1. The van der Waals surface area contributed by atoms with Gasteiger partial charge in [0, 0.05) is 43.5 Å². The fourth-order valence-electron chi connectivity index (χ4n) is 4.70. The van der Waals surface area contributed by atoms with Crippen molar-refractivity contribution in [3.05, 3.63) is 21.4 Å². The van der Waals surface area contributed by atoms with Gasteiger partial charge in [0.2, 0.25) is 0 Å². The minimum absolute atomic E-state index is 0.252. The Bertz CT molecular complexity index is 655. The van der Waals surface area contributed by atoms with Crippen molar-refractivity contribution in [2.24, 2.45) is 5.92 Å². The van der Waals surface area contributed by atoms with Gasteiger partial charge in [-0.05, 0) is 56.1 Å². The van der Waals surface area contributed by atoms with Crippen molar-refractivity contribution in [3.63, 3.8) is 0 Å². The molecule has 6 heteroatoms. The molecule has 5 rings (SSSR count). The number of hydrogen-bond donors (Lipinski definition) is 0. The van der Waals surface area contributed by atoms with E-state index in [2.05, 4.69) is 11.0 Å². The summed E-state index contributed by atoms with van der Waals surface area (Å²) >= 11 is 3.76. The molecule has 0 radical (unpaired) electrons. The summed E-state index contributed by atoms with van der Waals surface area (Å²) in [6, 6.07) is 2.15. The number of thiophene rings is 1. The lowest BCUT2D eigenvalue weighted by atomic mass is 9.92. The van der Waals surface area contributed by atoms with Crippen LogP contribution in [0.4, 0.5) is 0 Å². The lowest BCUT2D eigenvalue weighted by Crippen LogP contribution is -2.60. The van der Waals surface area contributed by atoms with Gasteiger partial charge in [-0.3, -0.25) is 4.79 Å². The van der Waals surface area contributed by atoms with Gasteiger partial charge < -0.3 is 14.4 Å². The highest BCUT2D eigenvalue weighted by Gasteiger charge is 2.51. The number of hydrogen-bond acceptors (Lipinski definition) is 5. The van der Waals surface area contributed by atoms with Gasteiger partial charge in [-0.1, -0.05) is 0 Å². The molecular formula is C20H27NO3S2. The number of nitrogens with zero attached hydrogens (tertiary/aromatic N) is 1. The zero-order valence-corrected chi connectivity index (χ0v) is 16.8. The third-order valence-corrected chi connectivity index (χ3v) is 9.09. The van der Waals surface area contributed by atoms with Crippen LogP contribution in [0.1, 0.15) is 45.8 Å². The van der Waals surface area contributed by atoms with Crippen LogP contribution in [0, 0.1) is 5.92 Å². The molecule has 4 aliphatic rings. The van der Waals surface area contributed by atoms with E-state index < -0.39 is 0 Å². The monoisotopic (exact) mass is 393 g/mol. The van der Waals surface area contributed by atoms with Crippen molar-refractivity contribution in [2.75, 3.05) is 38.7 Å². The Morgan fingerprint density at radius 1 is 1.31 bits per heavy atom. The molecule has 1 aliphatic carbocycles.